The predicted molar refractivity (Wildman–Crippen MR) is 124 cm³/mol. The van der Waals surface area contributed by atoms with Crippen molar-refractivity contribution in [2.24, 2.45) is 0 Å². The zero-order valence-electron chi connectivity index (χ0n) is 18.7. The van der Waals surface area contributed by atoms with Gasteiger partial charge in [0.1, 0.15) is 11.5 Å². The minimum Gasteiger partial charge on any atom is -0.361 e. The van der Waals surface area contributed by atoms with Gasteiger partial charge in [0.2, 0.25) is 0 Å². The summed E-state index contributed by atoms with van der Waals surface area (Å²) in [5.74, 6) is 0.409. The van der Waals surface area contributed by atoms with E-state index >= 15 is 0 Å². The molecule has 3 heterocycles. The smallest absolute Gasteiger partial charge is 0.321 e. The maximum atomic E-state index is 14.3. The largest absolute Gasteiger partial charge is 0.361 e. The number of aromatic nitrogens is 5. The summed E-state index contributed by atoms with van der Waals surface area (Å²) in [6.45, 7) is 5.18. The number of nitrogens with zero attached hydrogens (tertiary/aromatic N) is 5. The third-order valence-corrected chi connectivity index (χ3v) is 6.49. The van der Waals surface area contributed by atoms with E-state index in [1.54, 1.807) is 19.1 Å². The Morgan fingerprint density at radius 3 is 2.79 bits per heavy atom. The second kappa shape index (κ2) is 8.65. The number of likely N-dealkylation sites (tertiary alicyclic amines) is 1. The number of tetrazole rings is 1. The minimum absolute atomic E-state index is 0.188. The van der Waals surface area contributed by atoms with Gasteiger partial charge in [-0.3, -0.25) is 0 Å². The Morgan fingerprint density at radius 2 is 2.06 bits per heavy atom. The van der Waals surface area contributed by atoms with E-state index in [-0.39, 0.29) is 11.7 Å². The van der Waals surface area contributed by atoms with Crippen molar-refractivity contribution >= 4 is 22.6 Å². The number of amides is 2. The lowest BCUT2D eigenvalue weighted by molar-refractivity contribution is 0.195. The highest BCUT2D eigenvalue weighted by Crippen LogP contribution is 2.34. The Balaban J connectivity index is 1.26. The molecule has 0 radical (unpaired) electrons. The Kier molecular flexibility index (Phi) is 5.53. The summed E-state index contributed by atoms with van der Waals surface area (Å²) in [4.78, 5) is 18.1. The van der Waals surface area contributed by atoms with Gasteiger partial charge in [0, 0.05) is 35.9 Å². The molecule has 1 aliphatic rings. The molecular weight excluding hydrogens is 421 g/mol. The molecule has 1 fully saturated rings. The zero-order valence-corrected chi connectivity index (χ0v) is 18.7. The number of carbonyl (C=O) groups excluding carboxylic acids is 1. The van der Waals surface area contributed by atoms with Gasteiger partial charge in [0.15, 0.2) is 5.82 Å². The highest BCUT2D eigenvalue weighted by Gasteiger charge is 2.26. The number of hydrogen-bond donors (Lipinski definition) is 2. The van der Waals surface area contributed by atoms with Gasteiger partial charge in [-0.2, -0.15) is 4.68 Å². The lowest BCUT2D eigenvalue weighted by atomic mass is 9.89. The summed E-state index contributed by atoms with van der Waals surface area (Å²) in [5, 5.41) is 15.3. The molecule has 0 spiro atoms. The molecule has 4 aromatic rings. The molecule has 2 aromatic carbocycles. The second-order valence-electron chi connectivity index (χ2n) is 8.43. The molecule has 33 heavy (non-hydrogen) atoms. The van der Waals surface area contributed by atoms with E-state index in [0.29, 0.717) is 30.5 Å². The molecule has 5 rings (SSSR count). The summed E-state index contributed by atoms with van der Waals surface area (Å²) in [7, 11) is 0. The number of aromatic amines is 1. The third kappa shape index (κ3) is 3.94. The van der Waals surface area contributed by atoms with Crippen molar-refractivity contribution < 1.29 is 9.18 Å². The number of aryl methyl sites for hydroxylation is 2. The van der Waals surface area contributed by atoms with Gasteiger partial charge in [-0.05, 0) is 71.9 Å². The van der Waals surface area contributed by atoms with Crippen LogP contribution in [0.25, 0.3) is 16.6 Å². The molecule has 0 unspecified atom stereocenters. The van der Waals surface area contributed by atoms with Gasteiger partial charge in [-0.25, -0.2) is 9.18 Å². The van der Waals surface area contributed by atoms with E-state index < -0.39 is 5.82 Å². The Labute approximate surface area is 190 Å². The van der Waals surface area contributed by atoms with Crippen LogP contribution in [-0.2, 0) is 6.42 Å². The molecule has 1 saturated heterocycles. The molecule has 0 bridgehead atoms. The number of nitrogens with one attached hydrogen (secondary N) is 2. The highest BCUT2D eigenvalue weighted by molar-refractivity contribution is 5.90. The van der Waals surface area contributed by atoms with Crippen molar-refractivity contribution in [2.75, 3.05) is 18.4 Å². The first-order valence-electron chi connectivity index (χ1n) is 11.2. The fraction of sp³-hybridized carbons (Fsp3) is 0.333. The first kappa shape index (κ1) is 21.1. The molecule has 2 amide bonds. The zero-order chi connectivity index (χ0) is 22.9. The van der Waals surface area contributed by atoms with E-state index in [2.05, 4.69) is 57.1 Å². The summed E-state index contributed by atoms with van der Waals surface area (Å²) in [5.41, 5.74) is 4.57. The standard InChI is InChI=1S/C24H26FN7O/c1-3-16-5-4-6-19-20(14-26-23(16)19)17-9-11-31(12-10-17)24(33)27-18-7-8-21(25)22(13-18)32-15(2)28-29-30-32/h4-8,13-14,17,26H,3,9-12H2,1-2H3,(H,27,33). The highest BCUT2D eigenvalue weighted by atomic mass is 19.1. The minimum atomic E-state index is -0.464. The van der Waals surface area contributed by atoms with Crippen molar-refractivity contribution in [2.45, 2.75) is 39.0 Å². The first-order chi connectivity index (χ1) is 16.0. The van der Waals surface area contributed by atoms with Gasteiger partial charge in [0.05, 0.1) is 0 Å². The summed E-state index contributed by atoms with van der Waals surface area (Å²) in [6, 6.07) is 10.7. The number of benzene rings is 2. The third-order valence-electron chi connectivity index (χ3n) is 6.49. The van der Waals surface area contributed by atoms with E-state index in [0.717, 1.165) is 19.3 Å². The van der Waals surface area contributed by atoms with E-state index in [1.807, 2.05) is 4.90 Å². The van der Waals surface area contributed by atoms with Crippen LogP contribution in [0.2, 0.25) is 0 Å². The topological polar surface area (TPSA) is 91.7 Å². The number of anilines is 1. The number of fused-ring (bicyclic) bond motifs is 1. The average Bonchev–Trinajstić information content (AvgIpc) is 3.46. The van der Waals surface area contributed by atoms with Crippen LogP contribution < -0.4 is 5.32 Å². The molecule has 2 N–H and O–H groups in total. The second-order valence-corrected chi connectivity index (χ2v) is 8.43. The lowest BCUT2D eigenvalue weighted by Crippen LogP contribution is -2.40. The van der Waals surface area contributed by atoms with Crippen LogP contribution in [0.4, 0.5) is 14.9 Å². The predicted octanol–water partition coefficient (Wildman–Crippen LogP) is 4.57. The van der Waals surface area contributed by atoms with Gasteiger partial charge < -0.3 is 15.2 Å². The van der Waals surface area contributed by atoms with E-state index in [9.17, 15) is 9.18 Å². The summed E-state index contributed by atoms with van der Waals surface area (Å²) in [6.07, 6.45) is 4.92. The SMILES string of the molecule is CCc1cccc2c(C3CCN(C(=O)Nc4ccc(F)c(-n5nnnc5C)c4)CC3)c[nH]c12. The van der Waals surface area contributed by atoms with Crippen LogP contribution in [0.3, 0.4) is 0 Å². The molecule has 170 valence electrons. The number of urea groups is 1. The van der Waals surface area contributed by atoms with Gasteiger partial charge in [0.25, 0.3) is 0 Å². The van der Waals surface area contributed by atoms with Crippen molar-refractivity contribution in [3.8, 4) is 5.69 Å². The van der Waals surface area contributed by atoms with Crippen LogP contribution in [-0.4, -0.2) is 49.2 Å². The maximum Gasteiger partial charge on any atom is 0.321 e. The van der Waals surface area contributed by atoms with Crippen LogP contribution >= 0.6 is 0 Å². The molecule has 8 nitrogen and oxygen atoms in total. The molecule has 0 atom stereocenters. The lowest BCUT2D eigenvalue weighted by Gasteiger charge is -2.32. The fourth-order valence-electron chi connectivity index (χ4n) is 4.67. The van der Waals surface area contributed by atoms with Gasteiger partial charge in [-0.15, -0.1) is 5.10 Å². The normalized spacial score (nSPS) is 14.7. The van der Waals surface area contributed by atoms with Crippen LogP contribution in [0, 0.1) is 12.7 Å². The molecule has 1 aliphatic heterocycles. The number of halogens is 1. The number of para-hydroxylation sites is 1. The van der Waals surface area contributed by atoms with Crippen molar-refractivity contribution in [3.63, 3.8) is 0 Å². The number of H-pyrrole nitrogens is 1. The fourth-order valence-corrected chi connectivity index (χ4v) is 4.67. The van der Waals surface area contributed by atoms with Crippen molar-refractivity contribution in [1.82, 2.24) is 30.1 Å². The van der Waals surface area contributed by atoms with Crippen LogP contribution in [0.1, 0.15) is 42.6 Å². The monoisotopic (exact) mass is 447 g/mol. The first-order valence-corrected chi connectivity index (χ1v) is 11.2. The summed E-state index contributed by atoms with van der Waals surface area (Å²) >= 11 is 0. The maximum absolute atomic E-state index is 14.3. The Hall–Kier alpha value is -3.75. The molecule has 0 aliphatic carbocycles. The van der Waals surface area contributed by atoms with E-state index in [1.165, 1.54) is 32.8 Å². The Bertz CT molecular complexity index is 1300. The number of rotatable bonds is 4. The molecule has 2 aromatic heterocycles. The van der Waals surface area contributed by atoms with Crippen molar-refractivity contribution in [3.05, 3.63) is 65.4 Å². The molecule has 9 heteroatoms. The molecular formula is C24H26FN7O. The van der Waals surface area contributed by atoms with Gasteiger partial charge >= 0.3 is 6.03 Å². The number of carbonyl (C=O) groups is 1. The number of hydrogen-bond acceptors (Lipinski definition) is 4. The average molecular weight is 448 g/mol. The van der Waals surface area contributed by atoms with Gasteiger partial charge in [-0.1, -0.05) is 25.1 Å². The summed E-state index contributed by atoms with van der Waals surface area (Å²) < 4.78 is 15.6. The Morgan fingerprint density at radius 1 is 1.24 bits per heavy atom. The quantitative estimate of drug-likeness (QED) is 0.480. The van der Waals surface area contributed by atoms with E-state index in [4.69, 9.17) is 0 Å². The molecule has 0 saturated carbocycles. The van der Waals surface area contributed by atoms with Crippen LogP contribution in [0.15, 0.2) is 42.6 Å². The van der Waals surface area contributed by atoms with Crippen LogP contribution in [0.5, 0.6) is 0 Å². The number of piperidine rings is 1. The van der Waals surface area contributed by atoms with Crippen molar-refractivity contribution in [1.29, 1.82) is 0 Å².